The Kier molecular flexibility index (Phi) is 5.31. The van der Waals surface area contributed by atoms with Crippen LogP contribution < -0.4 is 11.1 Å². The van der Waals surface area contributed by atoms with Gasteiger partial charge in [0.1, 0.15) is 0 Å². The summed E-state index contributed by atoms with van der Waals surface area (Å²) in [5, 5.41) is 2.86. The van der Waals surface area contributed by atoms with Gasteiger partial charge in [0.15, 0.2) is 0 Å². The van der Waals surface area contributed by atoms with Crippen molar-refractivity contribution in [1.82, 2.24) is 10.2 Å². The van der Waals surface area contributed by atoms with E-state index in [1.807, 2.05) is 30.3 Å². The van der Waals surface area contributed by atoms with Crippen LogP contribution in [0.25, 0.3) is 0 Å². The lowest BCUT2D eigenvalue weighted by Crippen LogP contribution is -2.32. The third kappa shape index (κ3) is 4.27. The first-order chi connectivity index (χ1) is 12.5. The number of hydrogen-bond donors (Lipinski definition) is 2. The van der Waals surface area contributed by atoms with Gasteiger partial charge < -0.3 is 16.0 Å². The van der Waals surface area contributed by atoms with Crippen LogP contribution in [0.2, 0.25) is 0 Å². The summed E-state index contributed by atoms with van der Waals surface area (Å²) in [6, 6.07) is 16.5. The van der Waals surface area contributed by atoms with Crippen LogP contribution in [0.5, 0.6) is 0 Å². The molecule has 1 aliphatic rings. The van der Waals surface area contributed by atoms with Crippen molar-refractivity contribution in [2.24, 2.45) is 11.7 Å². The molecule has 0 bridgehead atoms. The zero-order chi connectivity index (χ0) is 18.5. The Bertz CT molecular complexity index is 803. The predicted molar refractivity (Wildman–Crippen MR) is 96.8 cm³/mol. The summed E-state index contributed by atoms with van der Waals surface area (Å²) in [5.41, 5.74) is 7.55. The first kappa shape index (κ1) is 17.7. The summed E-state index contributed by atoms with van der Waals surface area (Å²) in [4.78, 5) is 37.3. The number of primary amides is 1. The minimum Gasteiger partial charge on any atom is -0.366 e. The van der Waals surface area contributed by atoms with Gasteiger partial charge in [0.05, 0.1) is 5.92 Å². The Morgan fingerprint density at radius 2 is 1.73 bits per heavy atom. The number of likely N-dealkylation sites (tertiary alicyclic amines) is 1. The lowest BCUT2D eigenvalue weighted by molar-refractivity contribution is -0.129. The van der Waals surface area contributed by atoms with E-state index in [0.29, 0.717) is 25.2 Å². The molecular formula is C20H21N3O3. The van der Waals surface area contributed by atoms with Gasteiger partial charge in [-0.3, -0.25) is 14.4 Å². The van der Waals surface area contributed by atoms with Crippen LogP contribution in [0.3, 0.4) is 0 Å². The molecular weight excluding hydrogens is 330 g/mol. The van der Waals surface area contributed by atoms with Crippen molar-refractivity contribution >= 4 is 17.7 Å². The molecule has 6 nitrogen and oxygen atoms in total. The van der Waals surface area contributed by atoms with Crippen molar-refractivity contribution < 1.29 is 14.4 Å². The van der Waals surface area contributed by atoms with Crippen molar-refractivity contribution in [2.75, 3.05) is 6.54 Å². The standard InChI is InChI=1S/C20H21N3O3/c21-19(25)16-8-6-14(7-9-16)11-22-20(26)17-10-18(24)23(13-17)12-15-4-2-1-3-5-15/h1-9,17H,10-13H2,(H2,21,25)(H,22,26). The van der Waals surface area contributed by atoms with Crippen molar-refractivity contribution in [3.63, 3.8) is 0 Å². The maximum absolute atomic E-state index is 12.4. The minimum absolute atomic E-state index is 0.000172. The Hall–Kier alpha value is -3.15. The first-order valence-corrected chi connectivity index (χ1v) is 8.51. The van der Waals surface area contributed by atoms with Crippen LogP contribution in [-0.2, 0) is 22.7 Å². The summed E-state index contributed by atoms with van der Waals surface area (Å²) in [7, 11) is 0. The zero-order valence-corrected chi connectivity index (χ0v) is 14.4. The number of nitrogens with one attached hydrogen (secondary N) is 1. The normalized spacial score (nSPS) is 16.5. The molecule has 1 atom stereocenters. The quantitative estimate of drug-likeness (QED) is 0.825. The van der Waals surface area contributed by atoms with Crippen LogP contribution in [0.1, 0.15) is 27.9 Å². The van der Waals surface area contributed by atoms with Crippen LogP contribution in [0.15, 0.2) is 54.6 Å². The fraction of sp³-hybridized carbons (Fsp3) is 0.250. The summed E-state index contributed by atoms with van der Waals surface area (Å²) in [5.74, 6) is -0.952. The molecule has 0 radical (unpaired) electrons. The van der Waals surface area contributed by atoms with E-state index in [0.717, 1.165) is 11.1 Å². The average molecular weight is 351 g/mol. The molecule has 1 fully saturated rings. The second-order valence-corrected chi connectivity index (χ2v) is 6.44. The molecule has 0 aromatic heterocycles. The summed E-state index contributed by atoms with van der Waals surface area (Å²) < 4.78 is 0. The average Bonchev–Trinajstić information content (AvgIpc) is 3.01. The molecule has 3 N–H and O–H groups in total. The molecule has 26 heavy (non-hydrogen) atoms. The number of benzene rings is 2. The second-order valence-electron chi connectivity index (χ2n) is 6.44. The van der Waals surface area contributed by atoms with Gasteiger partial charge in [-0.25, -0.2) is 0 Å². The summed E-state index contributed by atoms with van der Waals surface area (Å²) in [6.07, 6.45) is 0.235. The fourth-order valence-electron chi connectivity index (χ4n) is 3.02. The van der Waals surface area contributed by atoms with Crippen molar-refractivity contribution in [2.45, 2.75) is 19.5 Å². The van der Waals surface area contributed by atoms with Gasteiger partial charge in [0, 0.05) is 31.6 Å². The number of carbonyl (C=O) groups excluding carboxylic acids is 3. The second kappa shape index (κ2) is 7.82. The van der Waals surface area contributed by atoms with Crippen molar-refractivity contribution in [1.29, 1.82) is 0 Å². The highest BCUT2D eigenvalue weighted by Crippen LogP contribution is 2.20. The summed E-state index contributed by atoms with van der Waals surface area (Å²) in [6.45, 7) is 1.31. The largest absolute Gasteiger partial charge is 0.366 e. The lowest BCUT2D eigenvalue weighted by atomic mass is 10.1. The van der Waals surface area contributed by atoms with E-state index >= 15 is 0 Å². The molecule has 0 aliphatic carbocycles. The number of hydrogen-bond acceptors (Lipinski definition) is 3. The molecule has 2 aromatic carbocycles. The van der Waals surface area contributed by atoms with Gasteiger partial charge in [-0.05, 0) is 23.3 Å². The van der Waals surface area contributed by atoms with Crippen LogP contribution in [0, 0.1) is 5.92 Å². The Labute approximate surface area is 152 Å². The van der Waals surface area contributed by atoms with E-state index in [4.69, 9.17) is 5.73 Å². The molecule has 2 aromatic rings. The van der Waals surface area contributed by atoms with Crippen molar-refractivity contribution in [3.05, 3.63) is 71.3 Å². The molecule has 3 rings (SSSR count). The first-order valence-electron chi connectivity index (χ1n) is 8.51. The topological polar surface area (TPSA) is 92.5 Å². The predicted octanol–water partition coefficient (Wildman–Crippen LogP) is 1.45. The Morgan fingerprint density at radius 1 is 1.04 bits per heavy atom. The van der Waals surface area contributed by atoms with Gasteiger partial charge in [-0.2, -0.15) is 0 Å². The highest BCUT2D eigenvalue weighted by Gasteiger charge is 2.34. The van der Waals surface area contributed by atoms with E-state index in [1.165, 1.54) is 0 Å². The molecule has 6 heteroatoms. The van der Waals surface area contributed by atoms with E-state index in [-0.39, 0.29) is 24.2 Å². The summed E-state index contributed by atoms with van der Waals surface area (Å²) >= 11 is 0. The maximum Gasteiger partial charge on any atom is 0.248 e. The maximum atomic E-state index is 12.4. The van der Waals surface area contributed by atoms with Crippen LogP contribution in [-0.4, -0.2) is 29.2 Å². The molecule has 0 spiro atoms. The molecule has 1 heterocycles. The zero-order valence-electron chi connectivity index (χ0n) is 14.4. The van der Waals surface area contributed by atoms with Crippen LogP contribution >= 0.6 is 0 Å². The molecule has 134 valence electrons. The molecule has 1 unspecified atom stereocenters. The fourth-order valence-corrected chi connectivity index (χ4v) is 3.02. The van der Waals surface area contributed by atoms with E-state index < -0.39 is 5.91 Å². The smallest absolute Gasteiger partial charge is 0.248 e. The van der Waals surface area contributed by atoms with Gasteiger partial charge in [-0.1, -0.05) is 42.5 Å². The van der Waals surface area contributed by atoms with Gasteiger partial charge in [0.2, 0.25) is 17.7 Å². The SMILES string of the molecule is NC(=O)c1ccc(CNC(=O)C2CC(=O)N(Cc3ccccc3)C2)cc1. The Balaban J connectivity index is 1.52. The Morgan fingerprint density at radius 3 is 2.38 bits per heavy atom. The highest BCUT2D eigenvalue weighted by atomic mass is 16.2. The van der Waals surface area contributed by atoms with Gasteiger partial charge in [-0.15, -0.1) is 0 Å². The van der Waals surface area contributed by atoms with Crippen molar-refractivity contribution in [3.8, 4) is 0 Å². The van der Waals surface area contributed by atoms with E-state index in [9.17, 15) is 14.4 Å². The number of amides is 3. The third-order valence-electron chi connectivity index (χ3n) is 4.51. The monoisotopic (exact) mass is 351 g/mol. The van der Waals surface area contributed by atoms with Gasteiger partial charge in [0.25, 0.3) is 0 Å². The number of nitrogens with two attached hydrogens (primary N) is 1. The third-order valence-corrected chi connectivity index (χ3v) is 4.51. The highest BCUT2D eigenvalue weighted by molar-refractivity contribution is 5.92. The molecule has 1 saturated heterocycles. The minimum atomic E-state index is -0.483. The van der Waals surface area contributed by atoms with Gasteiger partial charge >= 0.3 is 0 Å². The van der Waals surface area contributed by atoms with Crippen LogP contribution in [0.4, 0.5) is 0 Å². The molecule has 3 amide bonds. The molecule has 0 saturated carbocycles. The van der Waals surface area contributed by atoms with E-state index in [2.05, 4.69) is 5.32 Å². The number of rotatable bonds is 6. The number of carbonyl (C=O) groups is 3. The van der Waals surface area contributed by atoms with E-state index in [1.54, 1.807) is 29.2 Å². The lowest BCUT2D eigenvalue weighted by Gasteiger charge is -2.16. The number of nitrogens with zero attached hydrogens (tertiary/aromatic N) is 1. The molecule has 1 aliphatic heterocycles.